The predicted octanol–water partition coefficient (Wildman–Crippen LogP) is 5.65. The highest BCUT2D eigenvalue weighted by Gasteiger charge is 2.22. The highest BCUT2D eigenvalue weighted by molar-refractivity contribution is 5.97. The van der Waals surface area contributed by atoms with Gasteiger partial charge in [-0.2, -0.15) is 10.4 Å². The number of nitriles is 1. The van der Waals surface area contributed by atoms with Crippen LogP contribution in [0, 0.1) is 24.1 Å². The average Bonchev–Trinajstić information content (AvgIpc) is 3.42. The molecule has 0 spiro atoms. The number of fused-ring (bicyclic) bond motifs is 1. The lowest BCUT2D eigenvalue weighted by atomic mass is 9.97. The minimum Gasteiger partial charge on any atom is -0.508 e. The van der Waals surface area contributed by atoms with Crippen molar-refractivity contribution in [2.75, 3.05) is 20.1 Å². The van der Waals surface area contributed by atoms with Crippen molar-refractivity contribution in [3.05, 3.63) is 53.7 Å². The fourth-order valence-corrected chi connectivity index (χ4v) is 3.67. The maximum atomic E-state index is 14.4. The molecule has 0 saturated heterocycles. The van der Waals surface area contributed by atoms with E-state index >= 15 is 0 Å². The second-order valence-electron chi connectivity index (χ2n) is 7.83. The molecule has 172 valence electrons. The lowest BCUT2D eigenvalue weighted by molar-refractivity contribution is 0.335. The Labute approximate surface area is 192 Å². The zero-order chi connectivity index (χ0) is 24.0. The SMILES string of the molecule is CCCN(C)CCC.Cc1ccc(-c2c(C#N)c(-c3ccc(O)cc3F)nc3[nH]ncc23)o1. The van der Waals surface area contributed by atoms with Crippen LogP contribution < -0.4 is 0 Å². The molecule has 1 aromatic carbocycles. The van der Waals surface area contributed by atoms with E-state index in [2.05, 4.69) is 47.0 Å². The second kappa shape index (κ2) is 10.7. The summed E-state index contributed by atoms with van der Waals surface area (Å²) in [7, 11) is 2.17. The van der Waals surface area contributed by atoms with Crippen LogP contribution in [0.2, 0.25) is 0 Å². The fraction of sp³-hybridized carbons (Fsp3) is 0.320. The van der Waals surface area contributed by atoms with E-state index in [9.17, 15) is 14.8 Å². The number of rotatable bonds is 6. The maximum Gasteiger partial charge on any atom is 0.156 e. The summed E-state index contributed by atoms with van der Waals surface area (Å²) in [6.07, 6.45) is 4.10. The van der Waals surface area contributed by atoms with Crippen molar-refractivity contribution in [3.63, 3.8) is 0 Å². The summed E-state index contributed by atoms with van der Waals surface area (Å²) < 4.78 is 20.0. The summed E-state index contributed by atoms with van der Waals surface area (Å²) in [5.41, 5.74) is 1.34. The maximum absolute atomic E-state index is 14.4. The Morgan fingerprint density at radius 3 is 2.48 bits per heavy atom. The van der Waals surface area contributed by atoms with Gasteiger partial charge < -0.3 is 14.4 Å². The third-order valence-electron chi connectivity index (χ3n) is 5.12. The molecule has 0 saturated carbocycles. The highest BCUT2D eigenvalue weighted by atomic mass is 19.1. The largest absolute Gasteiger partial charge is 0.508 e. The molecule has 0 bridgehead atoms. The van der Waals surface area contributed by atoms with Crippen molar-refractivity contribution < 1.29 is 13.9 Å². The van der Waals surface area contributed by atoms with Gasteiger partial charge in [-0.05, 0) is 64.2 Å². The number of phenolic OH excluding ortho intramolecular Hbond substituents is 1. The lowest BCUT2D eigenvalue weighted by Crippen LogP contribution is -2.19. The Bertz CT molecular complexity index is 1270. The summed E-state index contributed by atoms with van der Waals surface area (Å²) in [5, 5.41) is 26.5. The van der Waals surface area contributed by atoms with Crippen molar-refractivity contribution in [1.82, 2.24) is 20.1 Å². The molecule has 0 aliphatic heterocycles. The van der Waals surface area contributed by atoms with Crippen molar-refractivity contribution in [2.24, 2.45) is 0 Å². The zero-order valence-electron chi connectivity index (χ0n) is 19.3. The second-order valence-corrected chi connectivity index (χ2v) is 7.83. The molecule has 3 aromatic heterocycles. The standard InChI is InChI=1S/C18H11FN4O2.C7H17N/c1-9-2-5-15(25-9)16-12(7-20)17(22-18-13(16)8-21-23-18)11-4-3-10(24)6-14(11)19;1-4-6-8(3)7-5-2/h2-6,8,24H,1H3,(H,21,22,23);4-7H2,1-3H3. The average molecular weight is 450 g/mol. The van der Waals surface area contributed by atoms with E-state index in [1.165, 1.54) is 38.1 Å². The molecule has 0 atom stereocenters. The van der Waals surface area contributed by atoms with E-state index in [4.69, 9.17) is 4.42 Å². The molecule has 0 fully saturated rings. The number of benzene rings is 1. The van der Waals surface area contributed by atoms with Gasteiger partial charge in [-0.25, -0.2) is 9.37 Å². The monoisotopic (exact) mass is 449 g/mol. The molecule has 3 heterocycles. The van der Waals surface area contributed by atoms with Crippen LogP contribution in [0.3, 0.4) is 0 Å². The normalized spacial score (nSPS) is 10.8. The Morgan fingerprint density at radius 2 is 1.91 bits per heavy atom. The molecule has 0 amide bonds. The van der Waals surface area contributed by atoms with E-state index in [-0.39, 0.29) is 22.6 Å². The number of aromatic hydroxyl groups is 1. The Balaban J connectivity index is 0.000000331. The Kier molecular flexibility index (Phi) is 7.80. The van der Waals surface area contributed by atoms with Gasteiger partial charge in [-0.1, -0.05) is 13.8 Å². The van der Waals surface area contributed by atoms with E-state index in [1.807, 2.05) is 0 Å². The first-order chi connectivity index (χ1) is 15.9. The molecule has 4 rings (SSSR count). The summed E-state index contributed by atoms with van der Waals surface area (Å²) in [4.78, 5) is 6.72. The highest BCUT2D eigenvalue weighted by Crippen LogP contribution is 2.37. The van der Waals surface area contributed by atoms with Gasteiger partial charge in [0.05, 0.1) is 22.8 Å². The van der Waals surface area contributed by atoms with Gasteiger partial charge in [0.2, 0.25) is 0 Å². The number of aromatic nitrogens is 3. The fourth-order valence-electron chi connectivity index (χ4n) is 3.67. The molecule has 0 unspecified atom stereocenters. The molecular weight excluding hydrogens is 421 g/mol. The minimum absolute atomic E-state index is 0.107. The molecule has 0 radical (unpaired) electrons. The van der Waals surface area contributed by atoms with E-state index < -0.39 is 5.82 Å². The van der Waals surface area contributed by atoms with Crippen LogP contribution in [0.4, 0.5) is 4.39 Å². The topological polar surface area (TPSA) is 102 Å². The lowest BCUT2D eigenvalue weighted by Gasteiger charge is -2.12. The summed E-state index contributed by atoms with van der Waals surface area (Å²) in [6.45, 7) is 8.71. The van der Waals surface area contributed by atoms with E-state index in [1.54, 1.807) is 25.3 Å². The quantitative estimate of drug-likeness (QED) is 0.394. The number of halogens is 1. The van der Waals surface area contributed by atoms with Crippen molar-refractivity contribution >= 4 is 11.0 Å². The van der Waals surface area contributed by atoms with Crippen LogP contribution in [0.1, 0.15) is 38.0 Å². The van der Waals surface area contributed by atoms with Crippen molar-refractivity contribution in [3.8, 4) is 34.4 Å². The first kappa shape index (κ1) is 24.0. The number of hydrogen-bond donors (Lipinski definition) is 2. The molecule has 4 aromatic rings. The number of hydrogen-bond acceptors (Lipinski definition) is 6. The number of nitrogens with zero attached hydrogens (tertiary/aromatic N) is 4. The van der Waals surface area contributed by atoms with Crippen LogP contribution >= 0.6 is 0 Å². The number of H-pyrrole nitrogens is 1. The number of pyridine rings is 1. The minimum atomic E-state index is -0.676. The number of furan rings is 1. The molecule has 2 N–H and O–H groups in total. The van der Waals surface area contributed by atoms with Crippen LogP contribution in [-0.4, -0.2) is 45.3 Å². The van der Waals surface area contributed by atoms with Gasteiger partial charge in [0.1, 0.15) is 29.2 Å². The van der Waals surface area contributed by atoms with Gasteiger partial charge in [-0.15, -0.1) is 0 Å². The van der Waals surface area contributed by atoms with E-state index in [0.717, 1.165) is 6.07 Å². The Hall–Kier alpha value is -3.70. The van der Waals surface area contributed by atoms with Crippen LogP contribution in [0.15, 0.2) is 40.9 Å². The van der Waals surface area contributed by atoms with Crippen molar-refractivity contribution in [2.45, 2.75) is 33.6 Å². The summed E-state index contributed by atoms with van der Waals surface area (Å²) >= 11 is 0. The third kappa shape index (κ3) is 5.38. The number of aromatic amines is 1. The number of nitrogens with one attached hydrogen (secondary N) is 1. The molecular formula is C25H28FN5O2. The number of aryl methyl sites for hydroxylation is 1. The van der Waals surface area contributed by atoms with Gasteiger partial charge >= 0.3 is 0 Å². The number of phenols is 1. The van der Waals surface area contributed by atoms with Crippen LogP contribution in [0.25, 0.3) is 33.6 Å². The van der Waals surface area contributed by atoms with Gasteiger partial charge in [0.25, 0.3) is 0 Å². The molecule has 8 heteroatoms. The summed E-state index contributed by atoms with van der Waals surface area (Å²) in [6, 6.07) is 9.33. The first-order valence-electron chi connectivity index (χ1n) is 10.9. The van der Waals surface area contributed by atoms with Gasteiger partial charge in [0, 0.05) is 17.2 Å². The van der Waals surface area contributed by atoms with E-state index in [0.29, 0.717) is 28.1 Å². The van der Waals surface area contributed by atoms with Crippen molar-refractivity contribution in [1.29, 1.82) is 5.26 Å². The smallest absolute Gasteiger partial charge is 0.156 e. The molecule has 0 aliphatic carbocycles. The summed E-state index contributed by atoms with van der Waals surface area (Å²) in [5.74, 6) is 0.279. The molecule has 0 aliphatic rings. The van der Waals surface area contributed by atoms with Crippen LogP contribution in [-0.2, 0) is 0 Å². The van der Waals surface area contributed by atoms with Crippen LogP contribution in [0.5, 0.6) is 5.75 Å². The Morgan fingerprint density at radius 1 is 1.18 bits per heavy atom. The third-order valence-corrected chi connectivity index (χ3v) is 5.12. The molecule has 7 nitrogen and oxygen atoms in total. The zero-order valence-corrected chi connectivity index (χ0v) is 19.3. The van der Waals surface area contributed by atoms with Gasteiger partial charge in [-0.3, -0.25) is 5.10 Å². The predicted molar refractivity (Wildman–Crippen MR) is 126 cm³/mol. The first-order valence-corrected chi connectivity index (χ1v) is 10.9. The molecule has 33 heavy (non-hydrogen) atoms. The van der Waals surface area contributed by atoms with Gasteiger partial charge in [0.15, 0.2) is 5.65 Å².